The second kappa shape index (κ2) is 4.40. The molecule has 92 valence electrons. The highest BCUT2D eigenvalue weighted by Gasteiger charge is 2.16. The van der Waals surface area contributed by atoms with Gasteiger partial charge in [-0.25, -0.2) is 0 Å². The van der Waals surface area contributed by atoms with Crippen LogP contribution in [-0.4, -0.2) is 25.2 Å². The van der Waals surface area contributed by atoms with Crippen molar-refractivity contribution in [1.29, 1.82) is 0 Å². The molecule has 17 heavy (non-hydrogen) atoms. The number of rotatable bonds is 3. The zero-order valence-corrected chi connectivity index (χ0v) is 9.53. The van der Waals surface area contributed by atoms with Crippen LogP contribution in [0.1, 0.15) is 6.92 Å². The van der Waals surface area contributed by atoms with E-state index in [1.54, 1.807) is 19.1 Å². The van der Waals surface area contributed by atoms with Crippen LogP contribution < -0.4 is 26.3 Å². The predicted molar refractivity (Wildman–Crippen MR) is 64.1 cm³/mol. The molecule has 1 unspecified atom stereocenters. The summed E-state index contributed by atoms with van der Waals surface area (Å²) in [6.45, 7) is 2.68. The van der Waals surface area contributed by atoms with Gasteiger partial charge in [-0.1, -0.05) is 0 Å². The first-order chi connectivity index (χ1) is 8.08. The van der Waals surface area contributed by atoms with Crippen molar-refractivity contribution in [3.63, 3.8) is 0 Å². The molecular formula is C11H15N3O3. The first kappa shape index (κ1) is 11.4. The Kier molecular flexibility index (Phi) is 2.95. The zero-order chi connectivity index (χ0) is 12.4. The molecule has 1 aromatic rings. The quantitative estimate of drug-likeness (QED) is 0.658. The van der Waals surface area contributed by atoms with E-state index in [0.29, 0.717) is 36.1 Å². The van der Waals surface area contributed by atoms with E-state index >= 15 is 0 Å². The van der Waals surface area contributed by atoms with Gasteiger partial charge in [-0.3, -0.25) is 4.79 Å². The molecule has 1 aliphatic rings. The van der Waals surface area contributed by atoms with Crippen molar-refractivity contribution < 1.29 is 14.3 Å². The SMILES string of the molecule is CC(Nc1cc2c(cc1N)OCCO2)C(N)=O. The van der Waals surface area contributed by atoms with Crippen LogP contribution in [0, 0.1) is 0 Å². The second-order valence-electron chi connectivity index (χ2n) is 3.85. The molecule has 0 aliphatic carbocycles. The van der Waals surface area contributed by atoms with Gasteiger partial charge in [-0.2, -0.15) is 0 Å². The summed E-state index contributed by atoms with van der Waals surface area (Å²) in [7, 11) is 0. The Morgan fingerprint density at radius 2 is 1.94 bits per heavy atom. The smallest absolute Gasteiger partial charge is 0.239 e. The lowest BCUT2D eigenvalue weighted by molar-refractivity contribution is -0.118. The monoisotopic (exact) mass is 237 g/mol. The van der Waals surface area contributed by atoms with E-state index in [1.165, 1.54) is 0 Å². The largest absolute Gasteiger partial charge is 0.486 e. The summed E-state index contributed by atoms with van der Waals surface area (Å²) >= 11 is 0. The standard InChI is InChI=1S/C11H15N3O3/c1-6(11(13)15)14-8-5-10-9(4-7(8)12)16-2-3-17-10/h4-6,14H,2-3,12H2,1H3,(H2,13,15). The minimum Gasteiger partial charge on any atom is -0.486 e. The first-order valence-electron chi connectivity index (χ1n) is 5.33. The van der Waals surface area contributed by atoms with E-state index < -0.39 is 11.9 Å². The second-order valence-corrected chi connectivity index (χ2v) is 3.85. The third kappa shape index (κ3) is 2.35. The van der Waals surface area contributed by atoms with Gasteiger partial charge in [0, 0.05) is 12.1 Å². The Hall–Kier alpha value is -2.11. The van der Waals surface area contributed by atoms with Gasteiger partial charge in [0.2, 0.25) is 5.91 Å². The Balaban J connectivity index is 2.25. The van der Waals surface area contributed by atoms with Crippen molar-refractivity contribution in [3.8, 4) is 11.5 Å². The molecule has 1 aromatic carbocycles. The summed E-state index contributed by atoms with van der Waals surface area (Å²) in [5.74, 6) is 0.787. The molecule has 5 N–H and O–H groups in total. The van der Waals surface area contributed by atoms with Crippen LogP contribution in [0.3, 0.4) is 0 Å². The third-order valence-corrected chi connectivity index (χ3v) is 2.51. The van der Waals surface area contributed by atoms with Crippen molar-refractivity contribution in [2.24, 2.45) is 5.73 Å². The average Bonchev–Trinajstić information content (AvgIpc) is 2.29. The van der Waals surface area contributed by atoms with Crippen LogP contribution in [0.4, 0.5) is 11.4 Å². The van der Waals surface area contributed by atoms with Gasteiger partial charge in [-0.05, 0) is 6.92 Å². The number of benzene rings is 1. The molecule has 1 atom stereocenters. The fraction of sp³-hybridized carbons (Fsp3) is 0.364. The molecule has 0 aromatic heterocycles. The number of amides is 1. The van der Waals surface area contributed by atoms with Gasteiger partial charge in [0.25, 0.3) is 0 Å². The Bertz CT molecular complexity index is 448. The molecule has 1 amide bonds. The van der Waals surface area contributed by atoms with Crippen molar-refractivity contribution in [3.05, 3.63) is 12.1 Å². The molecule has 0 fully saturated rings. The average molecular weight is 237 g/mol. The van der Waals surface area contributed by atoms with Gasteiger partial charge in [-0.15, -0.1) is 0 Å². The van der Waals surface area contributed by atoms with E-state index in [4.69, 9.17) is 20.9 Å². The first-order valence-corrected chi connectivity index (χ1v) is 5.33. The summed E-state index contributed by atoms with van der Waals surface area (Å²) in [5.41, 5.74) is 12.1. The summed E-state index contributed by atoms with van der Waals surface area (Å²) in [6.07, 6.45) is 0. The molecule has 1 heterocycles. The fourth-order valence-electron chi connectivity index (χ4n) is 1.53. The maximum absolute atomic E-state index is 11.0. The lowest BCUT2D eigenvalue weighted by Crippen LogP contribution is -2.32. The topological polar surface area (TPSA) is 99.6 Å². The van der Waals surface area contributed by atoms with Crippen LogP contribution in [0.2, 0.25) is 0 Å². The lowest BCUT2D eigenvalue weighted by atomic mass is 10.2. The molecule has 0 bridgehead atoms. The van der Waals surface area contributed by atoms with Gasteiger partial charge >= 0.3 is 0 Å². The highest BCUT2D eigenvalue weighted by atomic mass is 16.6. The summed E-state index contributed by atoms with van der Waals surface area (Å²) in [4.78, 5) is 11.0. The molecular weight excluding hydrogens is 222 g/mol. The van der Waals surface area contributed by atoms with E-state index in [-0.39, 0.29) is 0 Å². The van der Waals surface area contributed by atoms with Gasteiger partial charge in [0.1, 0.15) is 19.3 Å². The number of anilines is 2. The number of nitrogens with one attached hydrogen (secondary N) is 1. The number of carbonyl (C=O) groups is 1. The number of fused-ring (bicyclic) bond motifs is 1. The molecule has 0 spiro atoms. The maximum Gasteiger partial charge on any atom is 0.239 e. The van der Waals surface area contributed by atoms with Crippen molar-refractivity contribution in [1.82, 2.24) is 0 Å². The molecule has 0 saturated heterocycles. The summed E-state index contributed by atoms with van der Waals surface area (Å²) in [6, 6.07) is 2.88. The third-order valence-electron chi connectivity index (χ3n) is 2.51. The highest BCUT2D eigenvalue weighted by Crippen LogP contribution is 2.37. The van der Waals surface area contributed by atoms with Crippen molar-refractivity contribution >= 4 is 17.3 Å². The van der Waals surface area contributed by atoms with Gasteiger partial charge < -0.3 is 26.3 Å². The number of nitrogens with two attached hydrogens (primary N) is 2. The number of nitrogen functional groups attached to an aromatic ring is 1. The van der Waals surface area contributed by atoms with E-state index in [2.05, 4.69) is 5.32 Å². The van der Waals surface area contributed by atoms with E-state index in [1.807, 2.05) is 0 Å². The molecule has 6 heteroatoms. The Labute approximate surface area is 98.9 Å². The van der Waals surface area contributed by atoms with Crippen LogP contribution in [-0.2, 0) is 4.79 Å². The Morgan fingerprint density at radius 3 is 2.53 bits per heavy atom. The number of carbonyl (C=O) groups excluding carboxylic acids is 1. The van der Waals surface area contributed by atoms with E-state index in [9.17, 15) is 4.79 Å². The number of ether oxygens (including phenoxy) is 2. The van der Waals surface area contributed by atoms with Crippen LogP contribution in [0.15, 0.2) is 12.1 Å². The minimum atomic E-state index is -0.500. The molecule has 1 aliphatic heterocycles. The molecule has 0 radical (unpaired) electrons. The Morgan fingerprint density at radius 1 is 1.35 bits per heavy atom. The molecule has 6 nitrogen and oxygen atoms in total. The predicted octanol–water partition coefficient (Wildman–Crippen LogP) is 0.326. The van der Waals surface area contributed by atoms with Crippen molar-refractivity contribution in [2.45, 2.75) is 13.0 Å². The normalized spacial score (nSPS) is 15.1. The van der Waals surface area contributed by atoms with Crippen LogP contribution in [0.5, 0.6) is 11.5 Å². The minimum absolute atomic E-state index is 0.445. The van der Waals surface area contributed by atoms with Crippen molar-refractivity contribution in [2.75, 3.05) is 24.3 Å². The summed E-state index contributed by atoms with van der Waals surface area (Å²) in [5, 5.41) is 2.92. The number of hydrogen-bond donors (Lipinski definition) is 3. The van der Waals surface area contributed by atoms with Crippen LogP contribution >= 0.6 is 0 Å². The highest BCUT2D eigenvalue weighted by molar-refractivity contribution is 5.84. The van der Waals surface area contributed by atoms with Gasteiger partial charge in [0.05, 0.1) is 11.4 Å². The fourth-order valence-corrected chi connectivity index (χ4v) is 1.53. The molecule has 2 rings (SSSR count). The zero-order valence-electron chi connectivity index (χ0n) is 9.53. The van der Waals surface area contributed by atoms with Gasteiger partial charge in [0.15, 0.2) is 11.5 Å². The summed E-state index contributed by atoms with van der Waals surface area (Å²) < 4.78 is 10.8. The number of primary amides is 1. The number of hydrogen-bond acceptors (Lipinski definition) is 5. The van der Waals surface area contributed by atoms with Crippen LogP contribution in [0.25, 0.3) is 0 Å². The lowest BCUT2D eigenvalue weighted by Gasteiger charge is -2.21. The van der Waals surface area contributed by atoms with E-state index in [0.717, 1.165) is 0 Å². The molecule has 0 saturated carbocycles. The maximum atomic E-state index is 11.0.